The standard InChI is InChI=1S/C10H19NO3/c1-5-14-10(13)7(2)6-8(3)11-9(4)12/h7-8H,5-6H2,1-4H3,(H,11,12)/t7?,8-/m1/s1. The van der Waals surface area contributed by atoms with Crippen LogP contribution in [0.3, 0.4) is 0 Å². The van der Waals surface area contributed by atoms with Gasteiger partial charge in [-0.1, -0.05) is 6.92 Å². The van der Waals surface area contributed by atoms with Crippen molar-refractivity contribution in [1.82, 2.24) is 5.32 Å². The minimum Gasteiger partial charge on any atom is -0.466 e. The smallest absolute Gasteiger partial charge is 0.308 e. The molecule has 4 heteroatoms. The molecule has 0 aliphatic carbocycles. The van der Waals surface area contributed by atoms with Crippen LogP contribution in [0, 0.1) is 5.92 Å². The van der Waals surface area contributed by atoms with Crippen LogP contribution in [-0.2, 0) is 14.3 Å². The van der Waals surface area contributed by atoms with E-state index in [2.05, 4.69) is 5.32 Å². The predicted molar refractivity (Wildman–Crippen MR) is 53.7 cm³/mol. The van der Waals surface area contributed by atoms with E-state index in [1.165, 1.54) is 6.92 Å². The lowest BCUT2D eigenvalue weighted by Gasteiger charge is -2.16. The van der Waals surface area contributed by atoms with Crippen LogP contribution in [-0.4, -0.2) is 24.5 Å². The molecule has 0 saturated carbocycles. The average molecular weight is 201 g/mol. The van der Waals surface area contributed by atoms with E-state index in [9.17, 15) is 9.59 Å². The Morgan fingerprint density at radius 3 is 2.36 bits per heavy atom. The van der Waals surface area contributed by atoms with Gasteiger partial charge < -0.3 is 10.1 Å². The van der Waals surface area contributed by atoms with Gasteiger partial charge in [0.25, 0.3) is 0 Å². The first-order valence-electron chi connectivity index (χ1n) is 4.91. The van der Waals surface area contributed by atoms with Crippen LogP contribution in [0.4, 0.5) is 0 Å². The van der Waals surface area contributed by atoms with Crippen molar-refractivity contribution in [2.24, 2.45) is 5.92 Å². The second-order valence-electron chi connectivity index (χ2n) is 3.49. The van der Waals surface area contributed by atoms with Crippen LogP contribution < -0.4 is 5.32 Å². The summed E-state index contributed by atoms with van der Waals surface area (Å²) in [6.45, 7) is 7.32. The fourth-order valence-electron chi connectivity index (χ4n) is 1.32. The minimum absolute atomic E-state index is 0.00639. The second-order valence-corrected chi connectivity index (χ2v) is 3.49. The van der Waals surface area contributed by atoms with Gasteiger partial charge in [0, 0.05) is 13.0 Å². The van der Waals surface area contributed by atoms with Crippen LogP contribution in [0.5, 0.6) is 0 Å². The van der Waals surface area contributed by atoms with Crippen molar-refractivity contribution in [3.63, 3.8) is 0 Å². The molecule has 0 aliphatic rings. The van der Waals surface area contributed by atoms with Crippen molar-refractivity contribution in [3.8, 4) is 0 Å². The summed E-state index contributed by atoms with van der Waals surface area (Å²) in [4.78, 5) is 21.9. The Balaban J connectivity index is 3.86. The van der Waals surface area contributed by atoms with Gasteiger partial charge in [-0.25, -0.2) is 0 Å². The van der Waals surface area contributed by atoms with Crippen molar-refractivity contribution in [2.75, 3.05) is 6.61 Å². The van der Waals surface area contributed by atoms with E-state index < -0.39 is 0 Å². The highest BCUT2D eigenvalue weighted by atomic mass is 16.5. The Kier molecular flexibility index (Phi) is 5.92. The molecule has 1 unspecified atom stereocenters. The molecule has 4 nitrogen and oxygen atoms in total. The Labute approximate surface area is 85.0 Å². The lowest BCUT2D eigenvalue weighted by molar-refractivity contribution is -0.148. The zero-order valence-electron chi connectivity index (χ0n) is 9.29. The molecule has 2 atom stereocenters. The third kappa shape index (κ3) is 5.56. The van der Waals surface area contributed by atoms with Gasteiger partial charge >= 0.3 is 5.97 Å². The number of rotatable bonds is 5. The van der Waals surface area contributed by atoms with Gasteiger partial charge in [-0.2, -0.15) is 0 Å². The zero-order chi connectivity index (χ0) is 11.1. The summed E-state index contributed by atoms with van der Waals surface area (Å²) < 4.78 is 4.86. The fraction of sp³-hybridized carbons (Fsp3) is 0.800. The second kappa shape index (κ2) is 6.40. The molecule has 0 radical (unpaired) electrons. The minimum atomic E-state index is -0.204. The van der Waals surface area contributed by atoms with Gasteiger partial charge in [-0.15, -0.1) is 0 Å². The zero-order valence-corrected chi connectivity index (χ0v) is 9.29. The van der Waals surface area contributed by atoms with E-state index in [-0.39, 0.29) is 23.8 Å². The molecule has 1 N–H and O–H groups in total. The van der Waals surface area contributed by atoms with Gasteiger partial charge in [-0.05, 0) is 20.3 Å². The Morgan fingerprint density at radius 1 is 1.36 bits per heavy atom. The van der Waals surface area contributed by atoms with Crippen molar-refractivity contribution in [1.29, 1.82) is 0 Å². The summed E-state index contributed by atoms with van der Waals surface area (Å²) in [6, 6.07) is 0.00639. The van der Waals surface area contributed by atoms with Gasteiger partial charge in [0.2, 0.25) is 5.91 Å². The Morgan fingerprint density at radius 2 is 1.93 bits per heavy atom. The lowest BCUT2D eigenvalue weighted by atomic mass is 10.0. The van der Waals surface area contributed by atoms with E-state index in [0.717, 1.165) is 0 Å². The summed E-state index contributed by atoms with van der Waals surface area (Å²) in [5, 5.41) is 2.72. The molecular formula is C10H19NO3. The quantitative estimate of drug-likeness (QED) is 0.678. The lowest BCUT2D eigenvalue weighted by Crippen LogP contribution is -2.33. The molecule has 0 heterocycles. The average Bonchev–Trinajstić information content (AvgIpc) is 2.02. The number of carbonyl (C=O) groups is 2. The molecule has 0 bridgehead atoms. The molecule has 0 saturated heterocycles. The van der Waals surface area contributed by atoms with Gasteiger partial charge in [-0.3, -0.25) is 9.59 Å². The maximum atomic E-state index is 11.2. The molecule has 14 heavy (non-hydrogen) atoms. The normalized spacial score (nSPS) is 14.3. The molecule has 82 valence electrons. The molecule has 0 rings (SSSR count). The third-order valence-electron chi connectivity index (χ3n) is 1.85. The molecule has 1 amide bonds. The van der Waals surface area contributed by atoms with Crippen LogP contribution >= 0.6 is 0 Å². The molecular weight excluding hydrogens is 182 g/mol. The third-order valence-corrected chi connectivity index (χ3v) is 1.85. The highest BCUT2D eigenvalue weighted by molar-refractivity contribution is 5.74. The van der Waals surface area contributed by atoms with Crippen molar-refractivity contribution < 1.29 is 14.3 Å². The summed E-state index contributed by atoms with van der Waals surface area (Å²) in [7, 11) is 0. The summed E-state index contributed by atoms with van der Waals surface area (Å²) in [5.74, 6) is -0.449. The molecule has 0 aromatic rings. The van der Waals surface area contributed by atoms with Crippen LogP contribution in [0.15, 0.2) is 0 Å². The first-order chi connectivity index (χ1) is 6.47. The number of carbonyl (C=O) groups excluding carboxylic acids is 2. The monoisotopic (exact) mass is 201 g/mol. The van der Waals surface area contributed by atoms with E-state index in [4.69, 9.17) is 4.74 Å². The van der Waals surface area contributed by atoms with E-state index in [1.807, 2.05) is 6.92 Å². The fourth-order valence-corrected chi connectivity index (χ4v) is 1.32. The molecule has 0 aromatic heterocycles. The number of nitrogens with one attached hydrogen (secondary N) is 1. The van der Waals surface area contributed by atoms with Crippen molar-refractivity contribution >= 4 is 11.9 Å². The first kappa shape index (κ1) is 12.9. The number of esters is 1. The van der Waals surface area contributed by atoms with Crippen molar-refractivity contribution in [2.45, 2.75) is 40.2 Å². The first-order valence-corrected chi connectivity index (χ1v) is 4.91. The van der Waals surface area contributed by atoms with E-state index in [0.29, 0.717) is 13.0 Å². The van der Waals surface area contributed by atoms with E-state index in [1.54, 1.807) is 13.8 Å². The molecule has 0 aromatic carbocycles. The van der Waals surface area contributed by atoms with Crippen LogP contribution in [0.25, 0.3) is 0 Å². The van der Waals surface area contributed by atoms with Crippen LogP contribution in [0.2, 0.25) is 0 Å². The topological polar surface area (TPSA) is 55.4 Å². The Hall–Kier alpha value is -1.06. The highest BCUT2D eigenvalue weighted by Gasteiger charge is 2.17. The summed E-state index contributed by atoms with van der Waals surface area (Å²) >= 11 is 0. The molecule has 0 fully saturated rings. The molecule has 0 aliphatic heterocycles. The number of hydrogen-bond acceptors (Lipinski definition) is 3. The SMILES string of the molecule is CCOC(=O)C(C)C[C@@H](C)NC(C)=O. The number of ether oxygens (including phenoxy) is 1. The van der Waals surface area contributed by atoms with Gasteiger partial charge in [0.15, 0.2) is 0 Å². The number of amides is 1. The number of hydrogen-bond donors (Lipinski definition) is 1. The largest absolute Gasteiger partial charge is 0.466 e. The maximum Gasteiger partial charge on any atom is 0.308 e. The predicted octanol–water partition coefficient (Wildman–Crippen LogP) is 1.10. The maximum absolute atomic E-state index is 11.2. The molecule has 0 spiro atoms. The Bertz CT molecular complexity index is 204. The van der Waals surface area contributed by atoms with Crippen LogP contribution in [0.1, 0.15) is 34.1 Å². The van der Waals surface area contributed by atoms with Gasteiger partial charge in [0.05, 0.1) is 12.5 Å². The summed E-state index contributed by atoms with van der Waals surface area (Å²) in [6.07, 6.45) is 0.610. The summed E-state index contributed by atoms with van der Waals surface area (Å²) in [5.41, 5.74) is 0. The van der Waals surface area contributed by atoms with Gasteiger partial charge in [0.1, 0.15) is 0 Å². The van der Waals surface area contributed by atoms with E-state index >= 15 is 0 Å². The highest BCUT2D eigenvalue weighted by Crippen LogP contribution is 2.07. The van der Waals surface area contributed by atoms with Crippen molar-refractivity contribution in [3.05, 3.63) is 0 Å².